The Morgan fingerprint density at radius 3 is 2.33 bits per heavy atom. The van der Waals surface area contributed by atoms with Crippen LogP contribution in [0.4, 0.5) is 17.1 Å². The highest BCUT2D eigenvalue weighted by Crippen LogP contribution is 2.47. The Balaban J connectivity index is 1.23. The van der Waals surface area contributed by atoms with Gasteiger partial charge in [0.25, 0.3) is 5.91 Å². The number of aliphatic hydroxyl groups excluding tert-OH is 1. The van der Waals surface area contributed by atoms with Crippen LogP contribution in [0.1, 0.15) is 43.0 Å². The molecule has 3 aliphatic rings. The van der Waals surface area contributed by atoms with Gasteiger partial charge < -0.3 is 24.9 Å². The molecule has 1 aromatic heterocycles. The molecule has 0 spiro atoms. The molecule has 2 saturated heterocycles. The third kappa shape index (κ3) is 4.88. The molecule has 11 heteroatoms. The lowest BCUT2D eigenvalue weighted by Crippen LogP contribution is -2.45. The number of benzene rings is 2. The van der Waals surface area contributed by atoms with Crippen LogP contribution in [0.3, 0.4) is 0 Å². The van der Waals surface area contributed by atoms with Crippen molar-refractivity contribution >= 4 is 34.8 Å². The van der Waals surface area contributed by atoms with Crippen molar-refractivity contribution in [2.24, 2.45) is 5.92 Å². The van der Waals surface area contributed by atoms with E-state index >= 15 is 0 Å². The van der Waals surface area contributed by atoms with Crippen molar-refractivity contribution in [3.05, 3.63) is 77.6 Å². The standard InChI is InChI=1S/C31H34N6O5/c1-21(4-2-3-14-34-20-23(13-17-38)32-33-34)31(42)26-18-25(36-16-12-29(36)40)9-10-27(26)37(30(31)41)19-22-5-7-24(8-6-22)35-15-11-28(35)39/h2,4-10,18,20-21,38,42H,3,11-17,19H2,1H3/b4-2+/t21-,31+/m0/s1. The lowest BCUT2D eigenvalue weighted by molar-refractivity contribution is -0.139. The summed E-state index contributed by atoms with van der Waals surface area (Å²) in [5, 5.41) is 29.3. The number of carbonyl (C=O) groups is 3. The lowest BCUT2D eigenvalue weighted by atomic mass is 9.82. The molecule has 0 unspecified atom stereocenters. The van der Waals surface area contributed by atoms with Crippen LogP contribution in [0.15, 0.2) is 60.8 Å². The summed E-state index contributed by atoms with van der Waals surface area (Å²) in [5.41, 5.74) is 2.36. The smallest absolute Gasteiger partial charge is 0.264 e. The molecule has 2 aromatic carbocycles. The number of aryl methyl sites for hydroxylation is 1. The third-order valence-electron chi connectivity index (χ3n) is 8.42. The van der Waals surface area contributed by atoms with Gasteiger partial charge in [-0.3, -0.25) is 19.1 Å². The molecule has 3 amide bonds. The average molecular weight is 571 g/mol. The van der Waals surface area contributed by atoms with E-state index in [2.05, 4.69) is 10.3 Å². The molecule has 0 bridgehead atoms. The molecule has 2 N–H and O–H groups in total. The second-order valence-corrected chi connectivity index (χ2v) is 11.1. The van der Waals surface area contributed by atoms with Gasteiger partial charge in [0.2, 0.25) is 11.8 Å². The van der Waals surface area contributed by atoms with Gasteiger partial charge in [0.05, 0.1) is 17.9 Å². The summed E-state index contributed by atoms with van der Waals surface area (Å²) in [6, 6.07) is 13.0. The molecule has 218 valence electrons. The minimum Gasteiger partial charge on any atom is -0.396 e. The second kappa shape index (κ2) is 11.1. The SMILES string of the molecule is C[C@@H](/C=C/CCn1cc(CCO)nn1)[C@]1(O)C(=O)N(Cc2ccc(N3CCC3=O)cc2)c2ccc(N3CCC3=O)cc21. The molecule has 6 rings (SSSR count). The number of aromatic nitrogens is 3. The Bertz CT molecular complexity index is 1550. The van der Waals surface area contributed by atoms with Crippen LogP contribution in [0, 0.1) is 5.92 Å². The molecule has 4 heterocycles. The van der Waals surface area contributed by atoms with E-state index in [4.69, 9.17) is 5.11 Å². The van der Waals surface area contributed by atoms with Crippen LogP contribution in [0.2, 0.25) is 0 Å². The predicted molar refractivity (Wildman–Crippen MR) is 156 cm³/mol. The second-order valence-electron chi connectivity index (χ2n) is 11.1. The maximum Gasteiger partial charge on any atom is 0.264 e. The van der Waals surface area contributed by atoms with E-state index in [1.807, 2.05) is 55.5 Å². The van der Waals surface area contributed by atoms with E-state index in [1.165, 1.54) is 0 Å². The molecule has 3 aliphatic heterocycles. The summed E-state index contributed by atoms with van der Waals surface area (Å²) in [6.07, 6.45) is 7.66. The molecule has 3 aromatic rings. The lowest BCUT2D eigenvalue weighted by Gasteiger charge is -2.32. The van der Waals surface area contributed by atoms with E-state index in [0.717, 1.165) is 16.9 Å². The highest BCUT2D eigenvalue weighted by atomic mass is 16.3. The third-order valence-corrected chi connectivity index (χ3v) is 8.42. The topological polar surface area (TPSA) is 132 Å². The number of nitrogens with zero attached hydrogens (tertiary/aromatic N) is 6. The molecule has 0 aliphatic carbocycles. The molecule has 2 fully saturated rings. The minimum atomic E-state index is -1.82. The summed E-state index contributed by atoms with van der Waals surface area (Å²) in [5.74, 6) is -0.864. The number of amides is 3. The van der Waals surface area contributed by atoms with Crippen molar-refractivity contribution in [2.75, 3.05) is 34.4 Å². The Hall–Kier alpha value is -4.35. The maximum atomic E-state index is 14.0. The number of aliphatic hydroxyl groups is 2. The summed E-state index contributed by atoms with van der Waals surface area (Å²) in [4.78, 5) is 43.0. The van der Waals surface area contributed by atoms with E-state index in [1.54, 1.807) is 31.6 Å². The fraction of sp³-hybridized carbons (Fsp3) is 0.387. The van der Waals surface area contributed by atoms with Gasteiger partial charge in [0, 0.05) is 74.6 Å². The minimum absolute atomic E-state index is 0.0137. The zero-order valence-corrected chi connectivity index (χ0v) is 23.5. The van der Waals surface area contributed by atoms with Crippen LogP contribution < -0.4 is 14.7 Å². The molecular formula is C31H34N6O5. The summed E-state index contributed by atoms with van der Waals surface area (Å²) < 4.78 is 1.70. The number of β-lactam (4-membered cyclic amide) rings is 2. The highest BCUT2D eigenvalue weighted by molar-refractivity contribution is 6.08. The molecule has 11 nitrogen and oxygen atoms in total. The number of hydrogen-bond acceptors (Lipinski definition) is 7. The Kier molecular flexibility index (Phi) is 7.38. The first-order chi connectivity index (χ1) is 20.3. The zero-order chi connectivity index (χ0) is 29.4. The quantitative estimate of drug-likeness (QED) is 0.267. The van der Waals surface area contributed by atoms with Gasteiger partial charge in [-0.25, -0.2) is 0 Å². The zero-order valence-electron chi connectivity index (χ0n) is 23.5. The molecular weight excluding hydrogens is 536 g/mol. The first-order valence-electron chi connectivity index (χ1n) is 14.3. The van der Waals surface area contributed by atoms with E-state index in [0.29, 0.717) is 62.3 Å². The summed E-state index contributed by atoms with van der Waals surface area (Å²) >= 11 is 0. The van der Waals surface area contributed by atoms with Crippen LogP contribution in [-0.4, -0.2) is 62.6 Å². The fourth-order valence-electron chi connectivity index (χ4n) is 5.72. The summed E-state index contributed by atoms with van der Waals surface area (Å²) in [7, 11) is 0. The number of anilines is 3. The maximum absolute atomic E-state index is 14.0. The van der Waals surface area contributed by atoms with Crippen molar-refractivity contribution < 1.29 is 24.6 Å². The van der Waals surface area contributed by atoms with Gasteiger partial charge in [-0.1, -0.05) is 36.4 Å². The van der Waals surface area contributed by atoms with Gasteiger partial charge in [-0.15, -0.1) is 5.10 Å². The Morgan fingerprint density at radius 1 is 1.00 bits per heavy atom. The largest absolute Gasteiger partial charge is 0.396 e. The fourth-order valence-corrected chi connectivity index (χ4v) is 5.72. The van der Waals surface area contributed by atoms with E-state index in [9.17, 15) is 19.5 Å². The normalized spacial score (nSPS) is 20.7. The number of allylic oxidation sites excluding steroid dienone is 1. The summed E-state index contributed by atoms with van der Waals surface area (Å²) in [6.45, 7) is 3.97. The number of fused-ring (bicyclic) bond motifs is 1. The van der Waals surface area contributed by atoms with Crippen molar-refractivity contribution in [1.82, 2.24) is 15.0 Å². The highest BCUT2D eigenvalue weighted by Gasteiger charge is 2.53. The van der Waals surface area contributed by atoms with Gasteiger partial charge in [-0.2, -0.15) is 0 Å². The average Bonchev–Trinajstić information content (AvgIpc) is 3.51. The van der Waals surface area contributed by atoms with E-state index in [-0.39, 0.29) is 25.0 Å². The van der Waals surface area contributed by atoms with Gasteiger partial charge in [-0.05, 0) is 42.3 Å². The number of rotatable bonds is 11. The Labute approximate surface area is 243 Å². The van der Waals surface area contributed by atoms with Crippen LogP contribution in [-0.2, 0) is 39.5 Å². The Morgan fingerprint density at radius 2 is 1.69 bits per heavy atom. The van der Waals surface area contributed by atoms with Gasteiger partial charge in [0.15, 0.2) is 5.60 Å². The van der Waals surface area contributed by atoms with Crippen LogP contribution >= 0.6 is 0 Å². The number of hydrogen-bond donors (Lipinski definition) is 2. The number of carbonyl (C=O) groups excluding carboxylic acids is 3. The first-order valence-corrected chi connectivity index (χ1v) is 14.3. The van der Waals surface area contributed by atoms with Crippen molar-refractivity contribution in [1.29, 1.82) is 0 Å². The van der Waals surface area contributed by atoms with Crippen molar-refractivity contribution in [2.45, 2.75) is 51.3 Å². The van der Waals surface area contributed by atoms with Crippen molar-refractivity contribution in [3.8, 4) is 0 Å². The molecule has 0 radical (unpaired) electrons. The first kappa shape index (κ1) is 27.8. The molecule has 2 atom stereocenters. The van der Waals surface area contributed by atoms with Gasteiger partial charge in [0.1, 0.15) is 0 Å². The predicted octanol–water partition coefficient (Wildman–Crippen LogP) is 2.30. The van der Waals surface area contributed by atoms with Crippen molar-refractivity contribution in [3.63, 3.8) is 0 Å². The van der Waals surface area contributed by atoms with E-state index < -0.39 is 17.4 Å². The van der Waals surface area contributed by atoms with Gasteiger partial charge >= 0.3 is 0 Å². The molecule has 0 saturated carbocycles. The van der Waals surface area contributed by atoms with Crippen LogP contribution in [0.25, 0.3) is 0 Å². The monoisotopic (exact) mass is 570 g/mol. The molecule has 42 heavy (non-hydrogen) atoms. The van der Waals surface area contributed by atoms with Crippen LogP contribution in [0.5, 0.6) is 0 Å².